The quantitative estimate of drug-likeness (QED) is 0.755. The third kappa shape index (κ3) is 3.27. The first-order valence-electron chi connectivity index (χ1n) is 5.18. The second-order valence-corrected chi connectivity index (χ2v) is 3.56. The van der Waals surface area contributed by atoms with Gasteiger partial charge >= 0.3 is 0 Å². The molecule has 1 aromatic rings. The molecule has 1 rings (SSSR count). The normalized spacial score (nSPS) is 10.3. The lowest BCUT2D eigenvalue weighted by atomic mass is 10.2. The number of nitrogens with two attached hydrogens (primary N) is 1. The smallest absolute Gasteiger partial charge is 0.220 e. The standard InChI is InChI=1S/C10H18N4O/c1-3-4-5-9(15)12-6-8-7-13-14(2)10(8)11/h7H,3-6,11H2,1-2H3,(H,12,15). The number of nitrogen functional groups attached to an aromatic ring is 1. The number of aromatic nitrogens is 2. The van der Waals surface area contributed by atoms with Crippen molar-refractivity contribution in [2.75, 3.05) is 5.73 Å². The zero-order chi connectivity index (χ0) is 11.3. The van der Waals surface area contributed by atoms with Crippen LogP contribution in [0.1, 0.15) is 31.7 Å². The van der Waals surface area contributed by atoms with Gasteiger partial charge in [-0.2, -0.15) is 5.10 Å². The van der Waals surface area contributed by atoms with Crippen LogP contribution in [0, 0.1) is 0 Å². The fourth-order valence-corrected chi connectivity index (χ4v) is 1.25. The summed E-state index contributed by atoms with van der Waals surface area (Å²) in [6.45, 7) is 2.52. The highest BCUT2D eigenvalue weighted by Gasteiger charge is 2.06. The molecule has 0 unspecified atom stereocenters. The maximum absolute atomic E-state index is 11.3. The number of anilines is 1. The number of amides is 1. The predicted molar refractivity (Wildman–Crippen MR) is 59.0 cm³/mol. The Bertz CT molecular complexity index is 332. The van der Waals surface area contributed by atoms with Gasteiger partial charge in [-0.05, 0) is 6.42 Å². The van der Waals surface area contributed by atoms with Crippen molar-refractivity contribution in [2.24, 2.45) is 7.05 Å². The van der Waals surface area contributed by atoms with E-state index in [4.69, 9.17) is 5.73 Å². The Balaban J connectivity index is 2.37. The summed E-state index contributed by atoms with van der Waals surface area (Å²) in [5.74, 6) is 0.672. The molecule has 84 valence electrons. The third-order valence-corrected chi connectivity index (χ3v) is 2.30. The number of nitrogens with one attached hydrogen (secondary N) is 1. The van der Waals surface area contributed by atoms with E-state index in [0.29, 0.717) is 18.8 Å². The van der Waals surface area contributed by atoms with Crippen LogP contribution in [0.25, 0.3) is 0 Å². The maximum Gasteiger partial charge on any atom is 0.220 e. The highest BCUT2D eigenvalue weighted by molar-refractivity contribution is 5.75. The van der Waals surface area contributed by atoms with Crippen molar-refractivity contribution >= 4 is 11.7 Å². The molecule has 0 aliphatic heterocycles. The molecule has 5 nitrogen and oxygen atoms in total. The monoisotopic (exact) mass is 210 g/mol. The lowest BCUT2D eigenvalue weighted by Crippen LogP contribution is -2.22. The van der Waals surface area contributed by atoms with Crippen LogP contribution >= 0.6 is 0 Å². The SMILES string of the molecule is CCCCC(=O)NCc1cnn(C)c1N. The van der Waals surface area contributed by atoms with E-state index in [1.54, 1.807) is 17.9 Å². The van der Waals surface area contributed by atoms with Gasteiger partial charge in [0.25, 0.3) is 0 Å². The van der Waals surface area contributed by atoms with E-state index in [0.717, 1.165) is 18.4 Å². The van der Waals surface area contributed by atoms with Gasteiger partial charge in [-0.3, -0.25) is 9.48 Å². The third-order valence-electron chi connectivity index (χ3n) is 2.30. The van der Waals surface area contributed by atoms with Crippen LogP contribution in [-0.2, 0) is 18.4 Å². The van der Waals surface area contributed by atoms with E-state index in [2.05, 4.69) is 17.3 Å². The molecule has 5 heteroatoms. The van der Waals surface area contributed by atoms with Crippen molar-refractivity contribution in [3.63, 3.8) is 0 Å². The van der Waals surface area contributed by atoms with Gasteiger partial charge in [0.2, 0.25) is 5.91 Å². The summed E-state index contributed by atoms with van der Waals surface area (Å²) < 4.78 is 1.59. The van der Waals surface area contributed by atoms with Crippen LogP contribution in [0.3, 0.4) is 0 Å². The predicted octanol–water partition coefficient (Wildman–Crippen LogP) is 0.809. The van der Waals surface area contributed by atoms with Crippen molar-refractivity contribution in [1.29, 1.82) is 0 Å². The molecule has 0 saturated heterocycles. The second kappa shape index (κ2) is 5.38. The number of carbonyl (C=O) groups is 1. The number of rotatable bonds is 5. The summed E-state index contributed by atoms with van der Waals surface area (Å²) in [5.41, 5.74) is 6.60. The van der Waals surface area contributed by atoms with Crippen LogP contribution < -0.4 is 11.1 Å². The van der Waals surface area contributed by atoms with E-state index in [-0.39, 0.29) is 5.91 Å². The molecular formula is C10H18N4O. The second-order valence-electron chi connectivity index (χ2n) is 3.56. The Morgan fingerprint density at radius 3 is 2.93 bits per heavy atom. The molecule has 15 heavy (non-hydrogen) atoms. The van der Waals surface area contributed by atoms with Crippen LogP contribution in [0.2, 0.25) is 0 Å². The van der Waals surface area contributed by atoms with Crippen molar-refractivity contribution in [1.82, 2.24) is 15.1 Å². The first-order valence-corrected chi connectivity index (χ1v) is 5.18. The lowest BCUT2D eigenvalue weighted by Gasteiger charge is -2.03. The van der Waals surface area contributed by atoms with Crippen molar-refractivity contribution in [2.45, 2.75) is 32.7 Å². The van der Waals surface area contributed by atoms with Gasteiger partial charge in [0.05, 0.1) is 6.20 Å². The Morgan fingerprint density at radius 2 is 2.40 bits per heavy atom. The molecule has 0 radical (unpaired) electrons. The largest absolute Gasteiger partial charge is 0.384 e. The van der Waals surface area contributed by atoms with E-state index in [1.807, 2.05) is 0 Å². The molecule has 0 fully saturated rings. The summed E-state index contributed by atoms with van der Waals surface area (Å²) in [5, 5.41) is 6.81. The number of unbranched alkanes of at least 4 members (excludes halogenated alkanes) is 1. The Hall–Kier alpha value is -1.52. The summed E-state index contributed by atoms with van der Waals surface area (Å²) >= 11 is 0. The number of nitrogens with zero attached hydrogens (tertiary/aromatic N) is 2. The van der Waals surface area contributed by atoms with E-state index < -0.39 is 0 Å². The van der Waals surface area contributed by atoms with Crippen molar-refractivity contribution < 1.29 is 4.79 Å². The Kier molecular flexibility index (Phi) is 4.15. The van der Waals surface area contributed by atoms with Gasteiger partial charge in [0.1, 0.15) is 5.82 Å². The summed E-state index contributed by atoms with van der Waals surface area (Å²) in [4.78, 5) is 11.3. The molecule has 1 aromatic heterocycles. The zero-order valence-corrected chi connectivity index (χ0v) is 9.29. The minimum absolute atomic E-state index is 0.0695. The first kappa shape index (κ1) is 11.6. The minimum atomic E-state index is 0.0695. The highest BCUT2D eigenvalue weighted by Crippen LogP contribution is 2.08. The van der Waals surface area contributed by atoms with Gasteiger partial charge in [-0.1, -0.05) is 13.3 Å². The lowest BCUT2D eigenvalue weighted by molar-refractivity contribution is -0.121. The first-order chi connectivity index (χ1) is 7.15. The summed E-state index contributed by atoms with van der Waals surface area (Å²) in [6, 6.07) is 0. The molecule has 0 atom stereocenters. The van der Waals surface area contributed by atoms with Gasteiger partial charge in [0, 0.05) is 25.6 Å². The van der Waals surface area contributed by atoms with Gasteiger partial charge in [-0.15, -0.1) is 0 Å². The molecule has 0 spiro atoms. The molecule has 1 amide bonds. The van der Waals surface area contributed by atoms with Crippen molar-refractivity contribution in [3.05, 3.63) is 11.8 Å². The molecule has 0 aliphatic rings. The van der Waals surface area contributed by atoms with E-state index >= 15 is 0 Å². The molecule has 0 aliphatic carbocycles. The minimum Gasteiger partial charge on any atom is -0.384 e. The fourth-order valence-electron chi connectivity index (χ4n) is 1.25. The van der Waals surface area contributed by atoms with Crippen LogP contribution in [-0.4, -0.2) is 15.7 Å². The molecule has 0 aromatic carbocycles. The Morgan fingerprint density at radius 1 is 1.67 bits per heavy atom. The fraction of sp³-hybridized carbons (Fsp3) is 0.600. The maximum atomic E-state index is 11.3. The number of aryl methyl sites for hydroxylation is 1. The molecular weight excluding hydrogens is 192 g/mol. The topological polar surface area (TPSA) is 72.9 Å². The number of carbonyl (C=O) groups excluding carboxylic acids is 1. The molecule has 1 heterocycles. The molecule has 3 N–H and O–H groups in total. The number of hydrogen-bond donors (Lipinski definition) is 2. The van der Waals surface area contributed by atoms with Crippen LogP contribution in [0.15, 0.2) is 6.20 Å². The Labute approximate surface area is 89.6 Å². The van der Waals surface area contributed by atoms with E-state index in [9.17, 15) is 4.79 Å². The highest BCUT2D eigenvalue weighted by atomic mass is 16.1. The zero-order valence-electron chi connectivity index (χ0n) is 9.29. The average Bonchev–Trinajstić information content (AvgIpc) is 2.54. The molecule has 0 saturated carbocycles. The van der Waals surface area contributed by atoms with E-state index in [1.165, 1.54) is 0 Å². The summed E-state index contributed by atoms with van der Waals surface area (Å²) in [6.07, 6.45) is 4.21. The number of hydrogen-bond acceptors (Lipinski definition) is 3. The molecule has 0 bridgehead atoms. The van der Waals surface area contributed by atoms with Crippen LogP contribution in [0.4, 0.5) is 5.82 Å². The van der Waals surface area contributed by atoms with Gasteiger partial charge < -0.3 is 11.1 Å². The van der Waals surface area contributed by atoms with Crippen LogP contribution in [0.5, 0.6) is 0 Å². The average molecular weight is 210 g/mol. The van der Waals surface area contributed by atoms with Gasteiger partial charge in [0.15, 0.2) is 0 Å². The summed E-state index contributed by atoms with van der Waals surface area (Å²) in [7, 11) is 1.78. The van der Waals surface area contributed by atoms with Crippen molar-refractivity contribution in [3.8, 4) is 0 Å². The van der Waals surface area contributed by atoms with Gasteiger partial charge in [-0.25, -0.2) is 0 Å².